The molecule has 2 aromatic heterocycles. The summed E-state index contributed by atoms with van der Waals surface area (Å²) in [5.41, 5.74) is 0. The molecule has 112 valence electrons. The van der Waals surface area contributed by atoms with Crippen LogP contribution in [0.5, 0.6) is 0 Å². The van der Waals surface area contributed by atoms with Crippen LogP contribution in [-0.4, -0.2) is 30.2 Å². The van der Waals surface area contributed by atoms with Crippen LogP contribution in [0, 0.1) is 0 Å². The maximum absolute atomic E-state index is 4.58. The zero-order valence-corrected chi connectivity index (χ0v) is 14.3. The summed E-state index contributed by atoms with van der Waals surface area (Å²) in [7, 11) is 0. The van der Waals surface area contributed by atoms with Crippen LogP contribution in [-0.2, 0) is 6.42 Å². The number of aryl methyl sites for hydroxylation is 1. The third-order valence-electron chi connectivity index (χ3n) is 3.52. The molecule has 1 aliphatic carbocycles. The van der Waals surface area contributed by atoms with Crippen molar-refractivity contribution in [3.8, 4) is 0 Å². The van der Waals surface area contributed by atoms with Crippen molar-refractivity contribution >= 4 is 27.7 Å². The standard InChI is InChI=1S/C13H17BrN6S/c1-2-5-11-15-10(14)8-12(16-11)21-13-17-18-19-20(13)9-6-3-4-7-9/h8-9H,2-7H2,1H3. The lowest BCUT2D eigenvalue weighted by Gasteiger charge is -2.10. The van der Waals surface area contributed by atoms with E-state index < -0.39 is 0 Å². The molecule has 21 heavy (non-hydrogen) atoms. The largest absolute Gasteiger partial charge is 0.226 e. The SMILES string of the molecule is CCCc1nc(Br)cc(Sc2nnnn2C2CCCC2)n1. The Morgan fingerprint density at radius 1 is 1.33 bits per heavy atom. The van der Waals surface area contributed by atoms with Gasteiger partial charge in [-0.1, -0.05) is 19.8 Å². The van der Waals surface area contributed by atoms with Crippen molar-refractivity contribution in [2.24, 2.45) is 0 Å². The maximum Gasteiger partial charge on any atom is 0.215 e. The van der Waals surface area contributed by atoms with Gasteiger partial charge in [-0.2, -0.15) is 0 Å². The summed E-state index contributed by atoms with van der Waals surface area (Å²) in [6, 6.07) is 2.35. The summed E-state index contributed by atoms with van der Waals surface area (Å²) in [6.07, 6.45) is 6.74. The maximum atomic E-state index is 4.58. The molecule has 0 radical (unpaired) electrons. The highest BCUT2D eigenvalue weighted by atomic mass is 79.9. The van der Waals surface area contributed by atoms with Gasteiger partial charge in [0.1, 0.15) is 15.5 Å². The summed E-state index contributed by atoms with van der Waals surface area (Å²) in [6.45, 7) is 2.12. The number of halogens is 1. The van der Waals surface area contributed by atoms with Crippen molar-refractivity contribution in [1.82, 2.24) is 30.2 Å². The van der Waals surface area contributed by atoms with Gasteiger partial charge in [-0.25, -0.2) is 14.6 Å². The second kappa shape index (κ2) is 6.83. The quantitative estimate of drug-likeness (QED) is 0.752. The van der Waals surface area contributed by atoms with E-state index in [1.807, 2.05) is 10.7 Å². The van der Waals surface area contributed by atoms with Crippen LogP contribution in [0.4, 0.5) is 0 Å². The van der Waals surface area contributed by atoms with Crippen molar-refractivity contribution in [2.75, 3.05) is 0 Å². The normalized spacial score (nSPS) is 15.7. The first kappa shape index (κ1) is 14.9. The van der Waals surface area contributed by atoms with Gasteiger partial charge in [0.2, 0.25) is 5.16 Å². The van der Waals surface area contributed by atoms with Crippen molar-refractivity contribution in [3.05, 3.63) is 16.5 Å². The average molecular weight is 369 g/mol. The molecular formula is C13H17BrN6S. The van der Waals surface area contributed by atoms with Gasteiger partial charge in [-0.3, -0.25) is 0 Å². The van der Waals surface area contributed by atoms with Crippen molar-refractivity contribution in [3.63, 3.8) is 0 Å². The molecule has 3 rings (SSSR count). The van der Waals surface area contributed by atoms with E-state index >= 15 is 0 Å². The van der Waals surface area contributed by atoms with Crippen LogP contribution in [0.3, 0.4) is 0 Å². The molecular weight excluding hydrogens is 352 g/mol. The minimum absolute atomic E-state index is 0.433. The van der Waals surface area contributed by atoms with E-state index in [0.29, 0.717) is 6.04 Å². The summed E-state index contributed by atoms with van der Waals surface area (Å²) in [5.74, 6) is 0.856. The van der Waals surface area contributed by atoms with E-state index in [0.717, 1.165) is 46.3 Å². The summed E-state index contributed by atoms with van der Waals surface area (Å²) < 4.78 is 2.76. The lowest BCUT2D eigenvalue weighted by atomic mass is 10.3. The molecule has 2 aromatic rings. The zero-order chi connectivity index (χ0) is 14.7. The minimum Gasteiger partial charge on any atom is -0.226 e. The van der Waals surface area contributed by atoms with E-state index in [1.165, 1.54) is 24.6 Å². The second-order valence-electron chi connectivity index (χ2n) is 5.14. The van der Waals surface area contributed by atoms with E-state index in [-0.39, 0.29) is 0 Å². The molecule has 0 atom stereocenters. The first-order valence-electron chi connectivity index (χ1n) is 7.25. The Balaban J connectivity index is 1.82. The van der Waals surface area contributed by atoms with E-state index in [9.17, 15) is 0 Å². The highest BCUT2D eigenvalue weighted by Gasteiger charge is 2.22. The van der Waals surface area contributed by atoms with Gasteiger partial charge in [0.15, 0.2) is 0 Å². The smallest absolute Gasteiger partial charge is 0.215 e. The van der Waals surface area contributed by atoms with Crippen LogP contribution in [0.15, 0.2) is 20.9 Å². The van der Waals surface area contributed by atoms with Crippen LogP contribution < -0.4 is 0 Å². The first-order chi connectivity index (χ1) is 10.3. The fourth-order valence-corrected chi connectivity index (χ4v) is 3.99. The molecule has 0 N–H and O–H groups in total. The van der Waals surface area contributed by atoms with E-state index in [4.69, 9.17) is 0 Å². The Bertz CT molecular complexity index is 610. The molecule has 1 fully saturated rings. The zero-order valence-electron chi connectivity index (χ0n) is 11.9. The molecule has 0 spiro atoms. The van der Waals surface area contributed by atoms with Gasteiger partial charge < -0.3 is 0 Å². The van der Waals surface area contributed by atoms with Gasteiger partial charge in [0, 0.05) is 12.5 Å². The van der Waals surface area contributed by atoms with Crippen molar-refractivity contribution in [1.29, 1.82) is 0 Å². The Labute approximate surface area is 136 Å². The van der Waals surface area contributed by atoms with E-state index in [2.05, 4.69) is 48.3 Å². The van der Waals surface area contributed by atoms with Gasteiger partial charge in [0.05, 0.1) is 6.04 Å². The number of aromatic nitrogens is 6. The molecule has 1 aliphatic rings. The Morgan fingerprint density at radius 2 is 2.14 bits per heavy atom. The molecule has 0 unspecified atom stereocenters. The number of nitrogens with zero attached hydrogens (tertiary/aromatic N) is 6. The third kappa shape index (κ3) is 3.60. The van der Waals surface area contributed by atoms with Crippen LogP contribution in [0.2, 0.25) is 0 Å². The predicted octanol–water partition coefficient (Wildman–Crippen LogP) is 3.44. The molecule has 6 nitrogen and oxygen atoms in total. The highest BCUT2D eigenvalue weighted by molar-refractivity contribution is 9.10. The number of tetrazole rings is 1. The van der Waals surface area contributed by atoms with Gasteiger partial charge in [-0.05, 0) is 57.4 Å². The van der Waals surface area contributed by atoms with Gasteiger partial charge in [0.25, 0.3) is 0 Å². The van der Waals surface area contributed by atoms with Gasteiger partial charge in [-0.15, -0.1) is 5.10 Å². The van der Waals surface area contributed by atoms with Crippen molar-refractivity contribution in [2.45, 2.75) is 61.7 Å². The van der Waals surface area contributed by atoms with Crippen LogP contribution in [0.25, 0.3) is 0 Å². The predicted molar refractivity (Wildman–Crippen MR) is 83.2 cm³/mol. The second-order valence-corrected chi connectivity index (χ2v) is 6.94. The number of rotatable bonds is 5. The molecule has 8 heteroatoms. The van der Waals surface area contributed by atoms with Crippen LogP contribution >= 0.6 is 27.7 Å². The molecule has 2 heterocycles. The topological polar surface area (TPSA) is 69.4 Å². The summed E-state index contributed by atoms with van der Waals surface area (Å²) >= 11 is 4.96. The Kier molecular flexibility index (Phi) is 4.84. The molecule has 0 aromatic carbocycles. The molecule has 0 bridgehead atoms. The molecule has 0 amide bonds. The Morgan fingerprint density at radius 3 is 2.90 bits per heavy atom. The average Bonchev–Trinajstić information content (AvgIpc) is 3.08. The van der Waals surface area contributed by atoms with Gasteiger partial charge >= 0.3 is 0 Å². The fourth-order valence-electron chi connectivity index (χ4n) is 2.55. The fraction of sp³-hybridized carbons (Fsp3) is 0.615. The number of hydrogen-bond donors (Lipinski definition) is 0. The Hall–Kier alpha value is -1.02. The van der Waals surface area contributed by atoms with Crippen LogP contribution in [0.1, 0.15) is 50.9 Å². The summed E-state index contributed by atoms with van der Waals surface area (Å²) in [4.78, 5) is 8.97. The molecule has 0 aliphatic heterocycles. The monoisotopic (exact) mass is 368 g/mol. The molecule has 0 saturated heterocycles. The highest BCUT2D eigenvalue weighted by Crippen LogP contribution is 2.33. The molecule has 1 saturated carbocycles. The minimum atomic E-state index is 0.433. The van der Waals surface area contributed by atoms with E-state index in [1.54, 1.807) is 0 Å². The third-order valence-corrected chi connectivity index (χ3v) is 4.80. The first-order valence-corrected chi connectivity index (χ1v) is 8.86. The lowest BCUT2D eigenvalue weighted by Crippen LogP contribution is -2.08. The lowest BCUT2D eigenvalue weighted by molar-refractivity contribution is 0.423. The van der Waals surface area contributed by atoms with Crippen molar-refractivity contribution < 1.29 is 0 Å². The number of hydrogen-bond acceptors (Lipinski definition) is 6. The summed E-state index contributed by atoms with van der Waals surface area (Å²) in [5, 5.41) is 13.8.